The first-order valence-corrected chi connectivity index (χ1v) is 6.17. The van der Waals surface area contributed by atoms with Gasteiger partial charge in [0.05, 0.1) is 0 Å². The van der Waals surface area contributed by atoms with E-state index in [0.717, 1.165) is 6.42 Å². The van der Waals surface area contributed by atoms with E-state index in [1.54, 1.807) is 11.2 Å². The molecule has 13 heavy (non-hydrogen) atoms. The van der Waals surface area contributed by atoms with Crippen LogP contribution in [0, 0.1) is 5.92 Å². The van der Waals surface area contributed by atoms with E-state index < -0.39 is 10.2 Å². The lowest BCUT2D eigenvalue weighted by molar-refractivity contribution is 0.398. The molecule has 0 bridgehead atoms. The lowest BCUT2D eigenvalue weighted by Crippen LogP contribution is -2.42. The Kier molecular flexibility index (Phi) is 3.32. The van der Waals surface area contributed by atoms with E-state index >= 15 is 0 Å². The van der Waals surface area contributed by atoms with Crippen LogP contribution < -0.4 is 4.72 Å². The van der Waals surface area contributed by atoms with Crippen LogP contribution in [0.3, 0.4) is 0 Å². The lowest BCUT2D eigenvalue weighted by atomic mass is 10.1. The zero-order valence-electron chi connectivity index (χ0n) is 8.45. The molecule has 0 spiro atoms. The maximum Gasteiger partial charge on any atom is 0.279 e. The molecule has 1 fully saturated rings. The Labute approximate surface area is 80.5 Å². The van der Waals surface area contributed by atoms with Crippen molar-refractivity contribution in [2.24, 2.45) is 5.92 Å². The molecule has 1 aliphatic heterocycles. The van der Waals surface area contributed by atoms with Gasteiger partial charge in [-0.05, 0) is 19.3 Å². The fraction of sp³-hybridized carbons (Fsp3) is 1.00. The highest BCUT2D eigenvalue weighted by Gasteiger charge is 2.34. The summed E-state index contributed by atoms with van der Waals surface area (Å²) >= 11 is 0. The quantitative estimate of drug-likeness (QED) is 0.734. The van der Waals surface area contributed by atoms with E-state index in [9.17, 15) is 8.42 Å². The fourth-order valence-corrected chi connectivity index (χ4v) is 3.40. The largest absolute Gasteiger partial charge is 0.279 e. The Balaban J connectivity index is 2.72. The van der Waals surface area contributed by atoms with E-state index in [2.05, 4.69) is 11.6 Å². The van der Waals surface area contributed by atoms with Crippen LogP contribution >= 0.6 is 0 Å². The molecule has 2 unspecified atom stereocenters. The van der Waals surface area contributed by atoms with Crippen LogP contribution in [-0.2, 0) is 10.2 Å². The number of nitrogens with zero attached hydrogens (tertiary/aromatic N) is 1. The van der Waals surface area contributed by atoms with Crippen molar-refractivity contribution >= 4 is 10.2 Å². The first-order valence-electron chi connectivity index (χ1n) is 4.73. The van der Waals surface area contributed by atoms with Crippen molar-refractivity contribution in [3.05, 3.63) is 0 Å². The van der Waals surface area contributed by atoms with Crippen molar-refractivity contribution in [1.82, 2.24) is 9.03 Å². The van der Waals surface area contributed by atoms with Gasteiger partial charge in [0.1, 0.15) is 0 Å². The number of nitrogens with one attached hydrogen (secondary N) is 1. The van der Waals surface area contributed by atoms with Gasteiger partial charge in [0.25, 0.3) is 10.2 Å². The SMILES string of the molecule is CCNS(=O)(=O)N1CC(C)CC1C. The summed E-state index contributed by atoms with van der Waals surface area (Å²) in [5, 5.41) is 0. The van der Waals surface area contributed by atoms with Crippen LogP contribution in [0.15, 0.2) is 0 Å². The molecule has 0 amide bonds. The van der Waals surface area contributed by atoms with Crippen LogP contribution in [0.5, 0.6) is 0 Å². The molecule has 1 N–H and O–H groups in total. The van der Waals surface area contributed by atoms with Gasteiger partial charge in [0.2, 0.25) is 0 Å². The van der Waals surface area contributed by atoms with Gasteiger partial charge in [-0.3, -0.25) is 0 Å². The molecular weight excluding hydrogens is 188 g/mol. The minimum atomic E-state index is -3.21. The van der Waals surface area contributed by atoms with Gasteiger partial charge in [0.15, 0.2) is 0 Å². The molecule has 0 aromatic rings. The summed E-state index contributed by atoms with van der Waals surface area (Å²) in [6.07, 6.45) is 0.963. The first-order chi connectivity index (χ1) is 5.97. The molecule has 0 aromatic heterocycles. The second kappa shape index (κ2) is 3.94. The molecule has 0 saturated carbocycles. The minimum Gasteiger partial charge on any atom is -0.202 e. The number of hydrogen-bond acceptors (Lipinski definition) is 2. The molecule has 1 aliphatic rings. The minimum absolute atomic E-state index is 0.138. The van der Waals surface area contributed by atoms with Crippen LogP contribution in [0.4, 0.5) is 0 Å². The summed E-state index contributed by atoms with van der Waals surface area (Å²) in [4.78, 5) is 0. The van der Waals surface area contributed by atoms with Crippen LogP contribution in [0.25, 0.3) is 0 Å². The first kappa shape index (κ1) is 10.9. The van der Waals surface area contributed by atoms with Gasteiger partial charge >= 0.3 is 0 Å². The Morgan fingerprint density at radius 2 is 2.08 bits per heavy atom. The van der Waals surface area contributed by atoms with Gasteiger partial charge in [-0.2, -0.15) is 12.7 Å². The normalized spacial score (nSPS) is 31.0. The van der Waals surface area contributed by atoms with Crippen LogP contribution in [-0.4, -0.2) is 31.9 Å². The van der Waals surface area contributed by atoms with Crippen molar-refractivity contribution in [3.8, 4) is 0 Å². The number of hydrogen-bond donors (Lipinski definition) is 1. The summed E-state index contributed by atoms with van der Waals surface area (Å²) in [7, 11) is -3.21. The maximum atomic E-state index is 11.6. The molecular formula is C8H18N2O2S. The maximum absolute atomic E-state index is 11.6. The number of rotatable bonds is 3. The predicted octanol–water partition coefficient (Wildman–Crippen LogP) is 0.571. The topological polar surface area (TPSA) is 49.4 Å². The third kappa shape index (κ3) is 2.42. The van der Waals surface area contributed by atoms with Crippen molar-refractivity contribution in [1.29, 1.82) is 0 Å². The molecule has 5 heteroatoms. The van der Waals surface area contributed by atoms with E-state index in [-0.39, 0.29) is 6.04 Å². The highest BCUT2D eigenvalue weighted by atomic mass is 32.2. The smallest absolute Gasteiger partial charge is 0.202 e. The van der Waals surface area contributed by atoms with E-state index in [0.29, 0.717) is 19.0 Å². The van der Waals surface area contributed by atoms with Crippen molar-refractivity contribution < 1.29 is 8.42 Å². The van der Waals surface area contributed by atoms with Gasteiger partial charge in [-0.1, -0.05) is 13.8 Å². The molecule has 1 heterocycles. The van der Waals surface area contributed by atoms with Gasteiger partial charge in [0, 0.05) is 19.1 Å². The average Bonchev–Trinajstić information content (AvgIpc) is 2.30. The molecule has 4 nitrogen and oxygen atoms in total. The molecule has 2 atom stereocenters. The third-order valence-electron chi connectivity index (χ3n) is 2.36. The summed E-state index contributed by atoms with van der Waals surface area (Å²) in [6, 6.07) is 0.138. The average molecular weight is 206 g/mol. The zero-order valence-corrected chi connectivity index (χ0v) is 9.26. The fourth-order valence-electron chi connectivity index (χ4n) is 1.86. The molecule has 78 valence electrons. The third-order valence-corrected chi connectivity index (χ3v) is 4.14. The van der Waals surface area contributed by atoms with E-state index in [1.807, 2.05) is 6.92 Å². The second-order valence-electron chi connectivity index (χ2n) is 3.76. The highest BCUT2D eigenvalue weighted by molar-refractivity contribution is 7.87. The second-order valence-corrected chi connectivity index (χ2v) is 5.47. The molecule has 1 saturated heterocycles. The Morgan fingerprint density at radius 3 is 2.46 bits per heavy atom. The summed E-state index contributed by atoms with van der Waals surface area (Å²) in [5.41, 5.74) is 0. The molecule has 0 aromatic carbocycles. The van der Waals surface area contributed by atoms with Crippen molar-refractivity contribution in [2.45, 2.75) is 33.2 Å². The molecule has 0 aliphatic carbocycles. The van der Waals surface area contributed by atoms with Crippen molar-refractivity contribution in [3.63, 3.8) is 0 Å². The monoisotopic (exact) mass is 206 g/mol. The zero-order chi connectivity index (χ0) is 10.1. The van der Waals surface area contributed by atoms with Gasteiger partial charge in [-0.15, -0.1) is 0 Å². The van der Waals surface area contributed by atoms with Crippen LogP contribution in [0.2, 0.25) is 0 Å². The molecule has 1 rings (SSSR count). The van der Waals surface area contributed by atoms with E-state index in [4.69, 9.17) is 0 Å². The molecule has 0 radical (unpaired) electrons. The Hall–Kier alpha value is -0.130. The Morgan fingerprint density at radius 1 is 1.46 bits per heavy atom. The lowest BCUT2D eigenvalue weighted by Gasteiger charge is -2.20. The van der Waals surface area contributed by atoms with Gasteiger partial charge < -0.3 is 0 Å². The predicted molar refractivity (Wildman–Crippen MR) is 52.5 cm³/mol. The summed E-state index contributed by atoms with van der Waals surface area (Å²) in [5.74, 6) is 0.475. The van der Waals surface area contributed by atoms with E-state index in [1.165, 1.54) is 0 Å². The standard InChI is InChI=1S/C8H18N2O2S/c1-4-9-13(11,12)10-6-7(2)5-8(10)3/h7-9H,4-6H2,1-3H3. The summed E-state index contributed by atoms with van der Waals surface area (Å²) < 4.78 is 27.3. The Bertz CT molecular complexity index is 263. The van der Waals surface area contributed by atoms with Gasteiger partial charge in [-0.25, -0.2) is 4.72 Å². The van der Waals surface area contributed by atoms with Crippen LogP contribution in [0.1, 0.15) is 27.2 Å². The highest BCUT2D eigenvalue weighted by Crippen LogP contribution is 2.24. The summed E-state index contributed by atoms with van der Waals surface area (Å²) in [6.45, 7) is 6.94. The van der Waals surface area contributed by atoms with Crippen molar-refractivity contribution in [2.75, 3.05) is 13.1 Å².